The Morgan fingerprint density at radius 3 is 1.04 bits per heavy atom. The zero-order valence-electron chi connectivity index (χ0n) is 80.0. The Morgan fingerprint density at radius 1 is 0.426 bits per heavy atom. The van der Waals surface area contributed by atoms with Crippen molar-refractivity contribution in [2.75, 3.05) is 73.1 Å². The highest BCUT2D eigenvalue weighted by Gasteiger charge is 2.36. The lowest BCUT2D eigenvalue weighted by Crippen LogP contribution is -3.00. The molecule has 0 aliphatic carbocycles. The highest BCUT2D eigenvalue weighted by molar-refractivity contribution is 6.45. The fraction of sp³-hybridized carbons (Fsp3) is 0.301. The number of cyclic esters (lactones) is 4. The Morgan fingerprint density at radius 2 is 0.752 bits per heavy atom. The average Bonchev–Trinajstić information content (AvgIpc) is 1.75. The van der Waals surface area contributed by atoms with Gasteiger partial charge in [-0.2, -0.15) is 30.8 Å². The van der Waals surface area contributed by atoms with Crippen LogP contribution in [0.15, 0.2) is 256 Å². The quantitative estimate of drug-likeness (QED) is 0.0126. The molecule has 18 rings (SSSR count). The lowest BCUT2D eigenvalue weighted by Gasteiger charge is -2.21. The molecule has 740 valence electrons. The first-order valence-corrected chi connectivity index (χ1v) is 46.5. The van der Waals surface area contributed by atoms with Crippen molar-refractivity contribution in [2.24, 2.45) is 0 Å². The molecule has 0 spiro atoms. The Kier molecular flexibility index (Phi) is 40.7. The van der Waals surface area contributed by atoms with Gasteiger partial charge in [0, 0.05) is 65.4 Å². The van der Waals surface area contributed by atoms with Gasteiger partial charge < -0.3 is 79.0 Å². The summed E-state index contributed by atoms with van der Waals surface area (Å²) in [4.78, 5) is 55.7. The average molecular weight is 1970 g/mol. The van der Waals surface area contributed by atoms with Crippen molar-refractivity contribution in [3.05, 3.63) is 324 Å². The number of carbonyl (C=O) groups is 4. The Hall–Kier alpha value is -14.4. The number of aromatic nitrogens is 12. The minimum atomic E-state index is -0.515. The number of rotatable bonds is 33. The van der Waals surface area contributed by atoms with E-state index in [1.165, 1.54) is 60.6 Å². The van der Waals surface area contributed by atoms with Gasteiger partial charge in [0.1, 0.15) is 84.5 Å². The van der Waals surface area contributed by atoms with Crippen LogP contribution in [-0.2, 0) is 71.3 Å². The van der Waals surface area contributed by atoms with Crippen LogP contribution in [0.5, 0.6) is 11.5 Å². The molecule has 8 heterocycles. The number of H-pyrrole nitrogens is 2. The second-order valence-electron chi connectivity index (χ2n) is 33.3. The number of methoxy groups -OCH3 is 2. The van der Waals surface area contributed by atoms with Gasteiger partial charge in [0.05, 0.1) is 113 Å². The number of ether oxygens (including phenoxy) is 6. The fourth-order valence-electron chi connectivity index (χ4n) is 15.5. The normalized spacial score (nSPS) is 15.0. The van der Waals surface area contributed by atoms with Crippen LogP contribution in [0.1, 0.15) is 112 Å². The molecule has 10 aromatic carbocycles. The Labute approximate surface area is 829 Å². The third-order valence-electron chi connectivity index (χ3n) is 23.7. The molecular weight excluding hydrogens is 1850 g/mol. The third-order valence-corrected chi connectivity index (χ3v) is 23.7. The fourth-order valence-corrected chi connectivity index (χ4v) is 15.5. The summed E-state index contributed by atoms with van der Waals surface area (Å²) < 4.78 is 93.6. The van der Waals surface area contributed by atoms with Crippen LogP contribution < -0.4 is 69.8 Å². The van der Waals surface area contributed by atoms with E-state index in [0.717, 1.165) is 133 Å². The summed E-state index contributed by atoms with van der Waals surface area (Å²) in [5.74, 6) is 0.294. The predicted octanol–water partition coefficient (Wildman–Crippen LogP) is 10.4. The van der Waals surface area contributed by atoms with Crippen molar-refractivity contribution in [2.45, 2.75) is 151 Å². The summed E-state index contributed by atoms with van der Waals surface area (Å²) in [6, 6.07) is 66.3. The van der Waals surface area contributed by atoms with Crippen LogP contribution in [0.3, 0.4) is 0 Å². The molecular formula is C103H117BCl2F4N20O11. The Balaban J connectivity index is 0.000000164. The number of hydrogen-bond donors (Lipinski definition) is 6. The number of benzene rings is 10. The first kappa shape index (κ1) is 107. The van der Waals surface area contributed by atoms with E-state index < -0.39 is 31.4 Å². The minimum absolute atomic E-state index is 0. The maximum absolute atomic E-state index is 14.8. The van der Waals surface area contributed by atoms with E-state index >= 15 is 0 Å². The maximum atomic E-state index is 14.8. The number of hydrogen-bond acceptors (Lipinski definition) is 21. The van der Waals surface area contributed by atoms with Crippen molar-refractivity contribution in [3.8, 4) is 56.0 Å². The molecule has 4 fully saturated rings. The monoisotopic (exact) mass is 1970 g/mol. The van der Waals surface area contributed by atoms with Crippen LogP contribution in [0.2, 0.25) is 6.82 Å². The molecule has 0 bridgehead atoms. The molecule has 0 saturated carbocycles. The number of aromatic amines is 2. The highest BCUT2D eigenvalue weighted by Crippen LogP contribution is 2.36. The van der Waals surface area contributed by atoms with Crippen molar-refractivity contribution < 1.29 is 106 Å². The number of amides is 4. The molecule has 141 heavy (non-hydrogen) atoms. The number of nitrogens with zero attached hydrogens (tertiary/aromatic N) is 15. The zero-order chi connectivity index (χ0) is 98.1. The largest absolute Gasteiger partial charge is 1.00 e. The number of quaternary nitrogens is 2. The van der Waals surface area contributed by atoms with Crippen LogP contribution >= 0.6 is 0 Å². The van der Waals surface area contributed by atoms with Gasteiger partial charge in [0.15, 0.2) is 0 Å². The molecule has 8 N–H and O–H groups in total. The lowest BCUT2D eigenvalue weighted by molar-refractivity contribution is -0.686. The lowest BCUT2D eigenvalue weighted by atomic mass is 9.84. The van der Waals surface area contributed by atoms with Crippen LogP contribution in [0, 0.1) is 23.3 Å². The molecule has 31 nitrogen and oxygen atoms in total. The molecule has 4 aliphatic heterocycles. The summed E-state index contributed by atoms with van der Waals surface area (Å²) in [7, 11) is 2.80. The standard InChI is InChI=1S/C21H26BFN2O3.2C21H22FN5O2.C20H23FN2O2.2C10H11N3O.2ClH/c1-4-18-14-25(21(26)28-18)17-10-11-19(20(23)12-17)16-8-6-15(7-9-16)13-24(5-2)22(3)27;2*1-2-18-13-27(21(28)29-18)17-7-8-19(20(22)9-17)15-5-3-14(4-6-15)10-23-11-16-12-24-26-25-16;1-3-17-13-23(20(24)25-17)16-9-10-18(19(21)11-16)15-7-5-14(6-8-15)12-22-4-2;2*1-14-10-4-2-9(3-5-10)8-13-7-6-11-12-13;;/h6-12,18,27H,4-5,13-14H2,1-3H3;2*3-9,12,18,23H,2,10-11,13H2,1H3,(H,24,25,26);5-11,17,22H,3-4,12-13H2,1-2H3;2*2-7H,8H2,1H3;2*1H/t3*18-;17-;;;;/m0000..../s1. The van der Waals surface area contributed by atoms with E-state index in [-0.39, 0.29) is 72.5 Å². The molecule has 4 aliphatic rings. The summed E-state index contributed by atoms with van der Waals surface area (Å²) in [5.41, 5.74) is 15.9. The molecule has 0 radical (unpaired) electrons. The van der Waals surface area contributed by atoms with Crippen molar-refractivity contribution in [3.63, 3.8) is 0 Å². The highest BCUT2D eigenvalue weighted by atomic mass is 35.5. The second kappa shape index (κ2) is 53.7. The van der Waals surface area contributed by atoms with Gasteiger partial charge in [-0.1, -0.05) is 166 Å². The van der Waals surface area contributed by atoms with Gasteiger partial charge >= 0.3 is 31.4 Å². The van der Waals surface area contributed by atoms with Gasteiger partial charge in [0.25, 0.3) is 0 Å². The van der Waals surface area contributed by atoms with Crippen LogP contribution in [-0.4, -0.2) is 180 Å². The van der Waals surface area contributed by atoms with Crippen LogP contribution in [0.4, 0.5) is 59.5 Å². The number of nitrogens with two attached hydrogens (primary N) is 2. The summed E-state index contributed by atoms with van der Waals surface area (Å²) >= 11 is 0. The predicted molar refractivity (Wildman–Crippen MR) is 522 cm³/mol. The topological polar surface area (TPSA) is 350 Å². The SMILES string of the molecule is CC[C@H]1CN(c2ccc(-c3ccc(CN(CC)B(C)O)cc3)c(F)c2)C(=O)O1.CC[C@H]1CN(c2ccc(-c3ccc(CNCc4cn[nH]n4)cc3)c(F)c2)C(=O)O1.CC[C@H]1CN(c2ccc(-c3ccc(C[NH2+]Cc4cn[nH]n4)cc3)c(F)c2)C(=O)O1.CC[NH2+]Cc1ccc(-c2ccc(N3C[C@H](CC)OC3=O)cc2F)cc1.COc1ccc(Cn2ccnn2)cc1.COc1ccc(Cn2ccnn2)cc1.[Cl-].[Cl-]. The van der Waals surface area contributed by atoms with Gasteiger partial charge in [-0.25, -0.2) is 46.1 Å². The van der Waals surface area contributed by atoms with E-state index in [4.69, 9.17) is 28.4 Å². The minimum Gasteiger partial charge on any atom is -1.00 e. The van der Waals surface area contributed by atoms with Crippen molar-refractivity contribution >= 4 is 54.2 Å². The maximum Gasteiger partial charge on any atom is 0.414 e. The molecule has 14 aromatic rings. The van der Waals surface area contributed by atoms with Gasteiger partial charge in [0.2, 0.25) is 0 Å². The summed E-state index contributed by atoms with van der Waals surface area (Å²) in [5, 5.41) is 53.3. The number of nitrogens with one attached hydrogen (secondary N) is 3. The van der Waals surface area contributed by atoms with E-state index in [2.05, 4.69) is 74.3 Å². The number of carbonyl (C=O) groups excluding carboxylic acids is 4. The van der Waals surface area contributed by atoms with Crippen molar-refractivity contribution in [1.82, 2.24) is 70.9 Å². The summed E-state index contributed by atoms with van der Waals surface area (Å²) in [6.45, 7) is 23.1. The first-order chi connectivity index (χ1) is 67.6. The molecule has 4 amide bonds. The first-order valence-electron chi connectivity index (χ1n) is 46.5. The third kappa shape index (κ3) is 30.3. The van der Waals surface area contributed by atoms with Gasteiger partial charge in [-0.15, -0.1) is 10.2 Å². The molecule has 38 heteroatoms. The van der Waals surface area contributed by atoms with Crippen molar-refractivity contribution in [1.29, 1.82) is 0 Å². The number of halogens is 6. The smallest absolute Gasteiger partial charge is 0.414 e. The second-order valence-corrected chi connectivity index (χ2v) is 33.3. The van der Waals surface area contributed by atoms with E-state index in [1.54, 1.807) is 104 Å². The molecule has 4 saturated heterocycles. The molecule has 4 atom stereocenters. The zero-order valence-corrected chi connectivity index (χ0v) is 81.5. The summed E-state index contributed by atoms with van der Waals surface area (Å²) in [6.07, 6.45) is 11.1. The van der Waals surface area contributed by atoms with Gasteiger partial charge in [-0.3, -0.25) is 19.6 Å². The van der Waals surface area contributed by atoms with E-state index in [1.807, 2.05) is 197 Å². The Bertz CT molecular complexity index is 5960. The molecule has 0 unspecified atom stereocenters. The number of anilines is 4. The van der Waals surface area contributed by atoms with Crippen LogP contribution in [0.25, 0.3) is 44.5 Å². The molecule has 4 aromatic heterocycles. The van der Waals surface area contributed by atoms with Gasteiger partial charge in [-0.05, 0) is 188 Å². The van der Waals surface area contributed by atoms with E-state index in [0.29, 0.717) is 90.8 Å². The van der Waals surface area contributed by atoms with E-state index in [9.17, 15) is 41.8 Å².